The molecule has 1 fully saturated rings. The smallest absolute Gasteiger partial charge is 0.169 e. The second-order valence-corrected chi connectivity index (χ2v) is 4.30. The van der Waals surface area contributed by atoms with Crippen LogP contribution in [0.4, 0.5) is 5.82 Å². The molecule has 2 heterocycles. The Bertz CT molecular complexity index is 516. The number of ether oxygens (including phenoxy) is 1. The summed E-state index contributed by atoms with van der Waals surface area (Å²) in [5.41, 5.74) is 7.85. The van der Waals surface area contributed by atoms with Gasteiger partial charge in [0.05, 0.1) is 6.61 Å². The molecule has 1 atom stereocenters. The van der Waals surface area contributed by atoms with Crippen molar-refractivity contribution in [3.05, 3.63) is 35.9 Å². The molecule has 1 aromatic heterocycles. The molecule has 1 unspecified atom stereocenters. The first kappa shape index (κ1) is 10.4. The zero-order chi connectivity index (χ0) is 11.7. The minimum atomic E-state index is 0.412. The molecule has 0 radical (unpaired) electrons. The largest absolute Gasteiger partial charge is 0.381 e. The first-order valence-corrected chi connectivity index (χ1v) is 5.73. The van der Waals surface area contributed by atoms with E-state index in [1.807, 2.05) is 12.1 Å². The van der Waals surface area contributed by atoms with E-state index in [9.17, 15) is 0 Å². The van der Waals surface area contributed by atoms with Gasteiger partial charge in [0.2, 0.25) is 0 Å². The Morgan fingerprint density at radius 2 is 2.24 bits per heavy atom. The molecular formula is C13H14N2O2. The van der Waals surface area contributed by atoms with Crippen molar-refractivity contribution in [3.63, 3.8) is 0 Å². The molecular weight excluding hydrogens is 216 g/mol. The topological polar surface area (TPSA) is 61.3 Å². The number of nitrogen functional groups attached to an aromatic ring is 1. The van der Waals surface area contributed by atoms with Crippen molar-refractivity contribution in [2.45, 2.75) is 12.3 Å². The van der Waals surface area contributed by atoms with Crippen molar-refractivity contribution >= 4 is 5.82 Å². The summed E-state index contributed by atoms with van der Waals surface area (Å²) in [6, 6.07) is 10.0. The molecule has 4 nitrogen and oxygen atoms in total. The fraction of sp³-hybridized carbons (Fsp3) is 0.308. The van der Waals surface area contributed by atoms with Gasteiger partial charge in [0.25, 0.3) is 0 Å². The lowest BCUT2D eigenvalue weighted by atomic mass is 9.96. The van der Waals surface area contributed by atoms with Gasteiger partial charge in [-0.3, -0.25) is 0 Å². The van der Waals surface area contributed by atoms with Gasteiger partial charge < -0.3 is 15.0 Å². The lowest BCUT2D eigenvalue weighted by Gasteiger charge is -2.08. The standard InChI is InChI=1S/C13H14N2O2/c14-13-7-12(17-15-13)10-3-1-2-9(6-10)11-4-5-16-8-11/h1-3,6-7,11H,4-5,8H2,(H2,14,15). The van der Waals surface area contributed by atoms with Crippen LogP contribution in [0.1, 0.15) is 17.9 Å². The Balaban J connectivity index is 1.93. The summed E-state index contributed by atoms with van der Waals surface area (Å²) >= 11 is 0. The normalized spacial score (nSPS) is 19.6. The zero-order valence-corrected chi connectivity index (χ0v) is 9.43. The highest BCUT2D eigenvalue weighted by molar-refractivity contribution is 5.61. The highest BCUT2D eigenvalue weighted by Gasteiger charge is 2.18. The third-order valence-electron chi connectivity index (χ3n) is 3.10. The summed E-state index contributed by atoms with van der Waals surface area (Å²) in [7, 11) is 0. The van der Waals surface area contributed by atoms with E-state index in [1.165, 1.54) is 5.56 Å². The van der Waals surface area contributed by atoms with Gasteiger partial charge in [-0.2, -0.15) is 0 Å². The van der Waals surface area contributed by atoms with Crippen molar-refractivity contribution in [2.75, 3.05) is 18.9 Å². The van der Waals surface area contributed by atoms with Crippen LogP contribution in [0.25, 0.3) is 11.3 Å². The fourth-order valence-electron chi connectivity index (χ4n) is 2.17. The number of hydrogen-bond acceptors (Lipinski definition) is 4. The Labute approximate surface area is 99.4 Å². The fourth-order valence-corrected chi connectivity index (χ4v) is 2.17. The maximum atomic E-state index is 5.55. The third kappa shape index (κ3) is 2.03. The summed E-state index contributed by atoms with van der Waals surface area (Å²) in [6.45, 7) is 1.66. The Hall–Kier alpha value is -1.81. The first-order chi connectivity index (χ1) is 8.33. The summed E-state index contributed by atoms with van der Waals surface area (Å²) in [4.78, 5) is 0. The van der Waals surface area contributed by atoms with Crippen molar-refractivity contribution in [1.29, 1.82) is 0 Å². The SMILES string of the molecule is Nc1cc(-c2cccc(C3CCOC3)c2)on1. The average Bonchev–Trinajstić information content (AvgIpc) is 3.00. The molecule has 1 saturated heterocycles. The summed E-state index contributed by atoms with van der Waals surface area (Å²) in [5, 5.41) is 3.70. The van der Waals surface area contributed by atoms with Crippen LogP contribution in [0.2, 0.25) is 0 Å². The van der Waals surface area contributed by atoms with E-state index < -0.39 is 0 Å². The molecule has 1 aromatic carbocycles. The van der Waals surface area contributed by atoms with E-state index in [2.05, 4.69) is 17.3 Å². The van der Waals surface area contributed by atoms with Crippen LogP contribution in [0.5, 0.6) is 0 Å². The van der Waals surface area contributed by atoms with Crippen LogP contribution in [0, 0.1) is 0 Å². The number of hydrogen-bond donors (Lipinski definition) is 1. The number of rotatable bonds is 2. The van der Waals surface area contributed by atoms with Crippen LogP contribution in [0.15, 0.2) is 34.9 Å². The van der Waals surface area contributed by atoms with E-state index >= 15 is 0 Å². The molecule has 17 heavy (non-hydrogen) atoms. The van der Waals surface area contributed by atoms with Gasteiger partial charge in [-0.25, -0.2) is 0 Å². The van der Waals surface area contributed by atoms with Gasteiger partial charge in [0.15, 0.2) is 11.6 Å². The van der Waals surface area contributed by atoms with E-state index in [0.717, 1.165) is 25.2 Å². The van der Waals surface area contributed by atoms with Crippen LogP contribution < -0.4 is 5.73 Å². The highest BCUT2D eigenvalue weighted by Crippen LogP contribution is 2.29. The van der Waals surface area contributed by atoms with E-state index in [1.54, 1.807) is 6.07 Å². The summed E-state index contributed by atoms with van der Waals surface area (Å²) in [6.07, 6.45) is 1.09. The average molecular weight is 230 g/mol. The first-order valence-electron chi connectivity index (χ1n) is 5.73. The lowest BCUT2D eigenvalue weighted by molar-refractivity contribution is 0.194. The predicted octanol–water partition coefficient (Wildman–Crippen LogP) is 2.43. The maximum Gasteiger partial charge on any atom is 0.169 e. The molecule has 1 aliphatic heterocycles. The van der Waals surface area contributed by atoms with Crippen molar-refractivity contribution in [3.8, 4) is 11.3 Å². The van der Waals surface area contributed by atoms with E-state index in [4.69, 9.17) is 15.0 Å². The van der Waals surface area contributed by atoms with Crippen LogP contribution in [-0.2, 0) is 4.74 Å². The molecule has 2 aromatic rings. The van der Waals surface area contributed by atoms with E-state index in [0.29, 0.717) is 17.5 Å². The minimum absolute atomic E-state index is 0.412. The molecule has 0 amide bonds. The second kappa shape index (κ2) is 4.22. The Morgan fingerprint density at radius 1 is 1.29 bits per heavy atom. The predicted molar refractivity (Wildman–Crippen MR) is 64.5 cm³/mol. The second-order valence-electron chi connectivity index (χ2n) is 4.30. The van der Waals surface area contributed by atoms with Crippen molar-refractivity contribution < 1.29 is 9.26 Å². The van der Waals surface area contributed by atoms with Gasteiger partial charge in [-0.05, 0) is 18.1 Å². The van der Waals surface area contributed by atoms with Gasteiger partial charge >= 0.3 is 0 Å². The molecule has 88 valence electrons. The Morgan fingerprint density at radius 3 is 2.94 bits per heavy atom. The molecule has 4 heteroatoms. The molecule has 0 saturated carbocycles. The van der Waals surface area contributed by atoms with Gasteiger partial charge in [-0.15, -0.1) is 0 Å². The van der Waals surface area contributed by atoms with E-state index in [-0.39, 0.29) is 0 Å². The summed E-state index contributed by atoms with van der Waals surface area (Å²) < 4.78 is 10.6. The monoisotopic (exact) mass is 230 g/mol. The molecule has 1 aliphatic rings. The Kier molecular flexibility index (Phi) is 2.57. The van der Waals surface area contributed by atoms with Crippen LogP contribution in [-0.4, -0.2) is 18.4 Å². The number of aromatic nitrogens is 1. The van der Waals surface area contributed by atoms with Crippen LogP contribution in [0.3, 0.4) is 0 Å². The van der Waals surface area contributed by atoms with Crippen molar-refractivity contribution in [2.24, 2.45) is 0 Å². The third-order valence-corrected chi connectivity index (χ3v) is 3.10. The maximum absolute atomic E-state index is 5.55. The number of anilines is 1. The summed E-state index contributed by atoms with van der Waals surface area (Å²) in [5.74, 6) is 1.62. The van der Waals surface area contributed by atoms with Crippen LogP contribution >= 0.6 is 0 Å². The minimum Gasteiger partial charge on any atom is -0.381 e. The molecule has 2 N–H and O–H groups in total. The quantitative estimate of drug-likeness (QED) is 0.860. The number of benzene rings is 1. The van der Waals surface area contributed by atoms with Crippen molar-refractivity contribution in [1.82, 2.24) is 5.16 Å². The molecule has 0 spiro atoms. The highest BCUT2D eigenvalue weighted by atomic mass is 16.5. The molecule has 0 aliphatic carbocycles. The zero-order valence-electron chi connectivity index (χ0n) is 9.43. The molecule has 3 rings (SSSR count). The molecule has 0 bridgehead atoms. The van der Waals surface area contributed by atoms with Gasteiger partial charge in [0.1, 0.15) is 0 Å². The van der Waals surface area contributed by atoms with Gasteiger partial charge in [-0.1, -0.05) is 23.4 Å². The number of nitrogens with two attached hydrogens (primary N) is 1. The lowest BCUT2D eigenvalue weighted by Crippen LogP contribution is -1.97. The van der Waals surface area contributed by atoms with Gasteiger partial charge in [0, 0.05) is 24.2 Å². The number of nitrogens with zero attached hydrogens (tertiary/aromatic N) is 1.